The molecule has 3 nitrogen and oxygen atoms in total. The van der Waals surface area contributed by atoms with Crippen LogP contribution in [0.4, 0.5) is 0 Å². The Hall–Kier alpha value is -1.03. The summed E-state index contributed by atoms with van der Waals surface area (Å²) in [4.78, 5) is 3.38. The molecular weight excluding hydrogens is 248 g/mol. The van der Waals surface area contributed by atoms with Crippen molar-refractivity contribution in [2.75, 3.05) is 13.2 Å². The van der Waals surface area contributed by atoms with Gasteiger partial charge >= 0.3 is 0 Å². The van der Waals surface area contributed by atoms with Crippen molar-refractivity contribution < 1.29 is 4.74 Å². The molecule has 0 aliphatic carbocycles. The molecule has 2 heterocycles. The van der Waals surface area contributed by atoms with Gasteiger partial charge in [-0.15, -0.1) is 0 Å². The van der Waals surface area contributed by atoms with E-state index in [1.54, 1.807) is 0 Å². The third-order valence-electron chi connectivity index (χ3n) is 3.50. The lowest BCUT2D eigenvalue weighted by Crippen LogP contribution is -2.34. The zero-order chi connectivity index (χ0) is 12.4. The molecule has 1 aromatic carbocycles. The van der Waals surface area contributed by atoms with Crippen molar-refractivity contribution in [3.05, 3.63) is 35.0 Å². The molecule has 0 saturated carbocycles. The number of aromatic amines is 1. The Morgan fingerprint density at radius 1 is 1.28 bits per heavy atom. The van der Waals surface area contributed by atoms with Crippen molar-refractivity contribution in [1.82, 2.24) is 10.3 Å². The molecule has 96 valence electrons. The summed E-state index contributed by atoms with van der Waals surface area (Å²) in [6, 6.07) is 8.68. The van der Waals surface area contributed by atoms with Gasteiger partial charge in [-0.1, -0.05) is 29.8 Å². The highest BCUT2D eigenvalue weighted by atomic mass is 35.5. The second-order valence-electron chi connectivity index (χ2n) is 4.73. The Balaban J connectivity index is 1.72. The molecule has 2 N–H and O–H groups in total. The van der Waals surface area contributed by atoms with E-state index in [0.29, 0.717) is 6.04 Å². The van der Waals surface area contributed by atoms with Crippen LogP contribution in [0.3, 0.4) is 0 Å². The number of benzene rings is 1. The van der Waals surface area contributed by atoms with Crippen LogP contribution < -0.4 is 5.32 Å². The van der Waals surface area contributed by atoms with E-state index in [0.717, 1.165) is 54.2 Å². The highest BCUT2D eigenvalue weighted by molar-refractivity contribution is 6.36. The number of fused-ring (bicyclic) bond motifs is 1. The molecule has 1 aromatic heterocycles. The van der Waals surface area contributed by atoms with Crippen molar-refractivity contribution in [3.63, 3.8) is 0 Å². The minimum atomic E-state index is 0.543. The van der Waals surface area contributed by atoms with Gasteiger partial charge in [0.1, 0.15) is 0 Å². The largest absolute Gasteiger partial charge is 0.381 e. The van der Waals surface area contributed by atoms with E-state index in [4.69, 9.17) is 16.3 Å². The lowest BCUT2D eigenvalue weighted by molar-refractivity contribution is 0.0775. The molecule has 1 aliphatic rings. The predicted molar refractivity (Wildman–Crippen MR) is 74.0 cm³/mol. The summed E-state index contributed by atoms with van der Waals surface area (Å²) in [6.45, 7) is 2.51. The molecule has 4 heteroatoms. The van der Waals surface area contributed by atoms with Crippen LogP contribution in [0.25, 0.3) is 10.9 Å². The first-order valence-electron chi connectivity index (χ1n) is 6.41. The molecule has 0 amide bonds. The Labute approximate surface area is 111 Å². The van der Waals surface area contributed by atoms with Crippen LogP contribution in [-0.2, 0) is 11.3 Å². The van der Waals surface area contributed by atoms with Crippen molar-refractivity contribution in [2.45, 2.75) is 25.4 Å². The first-order chi connectivity index (χ1) is 8.84. The van der Waals surface area contributed by atoms with E-state index >= 15 is 0 Å². The molecule has 1 saturated heterocycles. The molecule has 0 atom stereocenters. The monoisotopic (exact) mass is 264 g/mol. The fourth-order valence-electron chi connectivity index (χ4n) is 2.43. The number of aromatic nitrogens is 1. The highest BCUT2D eigenvalue weighted by Gasteiger charge is 2.14. The smallest absolute Gasteiger partial charge is 0.0705 e. The first-order valence-corrected chi connectivity index (χ1v) is 6.78. The first kappa shape index (κ1) is 12.0. The average molecular weight is 265 g/mol. The lowest BCUT2D eigenvalue weighted by atomic mass is 10.1. The fraction of sp³-hybridized carbons (Fsp3) is 0.429. The number of halogens is 1. The summed E-state index contributed by atoms with van der Waals surface area (Å²) < 4.78 is 5.35. The van der Waals surface area contributed by atoms with Gasteiger partial charge in [-0.25, -0.2) is 0 Å². The molecular formula is C14H17ClN2O. The van der Waals surface area contributed by atoms with Gasteiger partial charge in [0.05, 0.1) is 5.02 Å². The van der Waals surface area contributed by atoms with Gasteiger partial charge in [0, 0.05) is 42.4 Å². The molecule has 0 unspecified atom stereocenters. The van der Waals surface area contributed by atoms with Gasteiger partial charge in [-0.3, -0.25) is 0 Å². The van der Waals surface area contributed by atoms with Crippen LogP contribution in [0.2, 0.25) is 5.02 Å². The van der Waals surface area contributed by atoms with Crippen LogP contribution >= 0.6 is 11.6 Å². The number of para-hydroxylation sites is 1. The van der Waals surface area contributed by atoms with E-state index in [-0.39, 0.29) is 0 Å². The third-order valence-corrected chi connectivity index (χ3v) is 3.93. The van der Waals surface area contributed by atoms with E-state index in [9.17, 15) is 0 Å². The van der Waals surface area contributed by atoms with Gasteiger partial charge in [-0.2, -0.15) is 0 Å². The minimum Gasteiger partial charge on any atom is -0.381 e. The Bertz CT molecular complexity index is 532. The number of nitrogens with one attached hydrogen (secondary N) is 2. The lowest BCUT2D eigenvalue weighted by Gasteiger charge is -2.23. The number of ether oxygens (including phenoxy) is 1. The molecule has 1 fully saturated rings. The molecule has 2 aromatic rings. The molecule has 18 heavy (non-hydrogen) atoms. The van der Waals surface area contributed by atoms with Crippen LogP contribution in [0.15, 0.2) is 24.3 Å². The summed E-state index contributed by atoms with van der Waals surface area (Å²) in [7, 11) is 0. The minimum absolute atomic E-state index is 0.543. The summed E-state index contributed by atoms with van der Waals surface area (Å²) in [5, 5.41) is 5.48. The summed E-state index contributed by atoms with van der Waals surface area (Å²) in [5.74, 6) is 0. The van der Waals surface area contributed by atoms with E-state index in [2.05, 4.69) is 16.4 Å². The maximum atomic E-state index is 6.38. The van der Waals surface area contributed by atoms with E-state index in [1.165, 1.54) is 0 Å². The topological polar surface area (TPSA) is 37.0 Å². The average Bonchev–Trinajstić information content (AvgIpc) is 2.75. The Morgan fingerprint density at radius 3 is 2.83 bits per heavy atom. The summed E-state index contributed by atoms with van der Waals surface area (Å²) in [5.41, 5.74) is 2.18. The Morgan fingerprint density at radius 2 is 2.06 bits per heavy atom. The zero-order valence-corrected chi connectivity index (χ0v) is 11.0. The highest BCUT2D eigenvalue weighted by Crippen LogP contribution is 2.27. The predicted octanol–water partition coefficient (Wildman–Crippen LogP) is 3.09. The molecule has 3 rings (SSSR count). The van der Waals surface area contributed by atoms with Crippen LogP contribution in [0.1, 0.15) is 18.5 Å². The van der Waals surface area contributed by atoms with Crippen molar-refractivity contribution in [1.29, 1.82) is 0 Å². The maximum absolute atomic E-state index is 6.38. The van der Waals surface area contributed by atoms with Crippen molar-refractivity contribution >= 4 is 22.5 Å². The maximum Gasteiger partial charge on any atom is 0.0705 e. The number of hydrogen-bond donors (Lipinski definition) is 2. The molecule has 0 spiro atoms. The molecule has 1 aliphatic heterocycles. The Kier molecular flexibility index (Phi) is 3.55. The van der Waals surface area contributed by atoms with Gasteiger partial charge in [0.2, 0.25) is 0 Å². The van der Waals surface area contributed by atoms with Crippen molar-refractivity contribution in [2.24, 2.45) is 0 Å². The second-order valence-corrected chi connectivity index (χ2v) is 5.11. The van der Waals surface area contributed by atoms with Crippen molar-refractivity contribution in [3.8, 4) is 0 Å². The van der Waals surface area contributed by atoms with Gasteiger partial charge in [0.25, 0.3) is 0 Å². The standard InChI is InChI=1S/C14H17ClN2O/c15-14-11-3-1-2-4-12(11)17-13(14)9-16-10-5-7-18-8-6-10/h1-4,10,16-17H,5-9H2. The number of H-pyrrole nitrogens is 1. The van der Waals surface area contributed by atoms with Crippen LogP contribution in [-0.4, -0.2) is 24.2 Å². The quantitative estimate of drug-likeness (QED) is 0.894. The van der Waals surface area contributed by atoms with Gasteiger partial charge in [0.15, 0.2) is 0 Å². The summed E-state index contributed by atoms with van der Waals surface area (Å²) in [6.07, 6.45) is 2.16. The third kappa shape index (κ3) is 2.39. The van der Waals surface area contributed by atoms with Gasteiger partial charge < -0.3 is 15.0 Å². The zero-order valence-electron chi connectivity index (χ0n) is 10.2. The fourth-order valence-corrected chi connectivity index (χ4v) is 2.71. The molecule has 0 bridgehead atoms. The summed E-state index contributed by atoms with van der Waals surface area (Å²) >= 11 is 6.38. The SMILES string of the molecule is Clc1c(CNC2CCOCC2)[nH]c2ccccc12. The normalized spacial score (nSPS) is 17.4. The van der Waals surface area contributed by atoms with Crippen LogP contribution in [0.5, 0.6) is 0 Å². The second kappa shape index (κ2) is 5.31. The van der Waals surface area contributed by atoms with E-state index < -0.39 is 0 Å². The van der Waals surface area contributed by atoms with E-state index in [1.807, 2.05) is 18.2 Å². The number of hydrogen-bond acceptors (Lipinski definition) is 2. The van der Waals surface area contributed by atoms with Crippen LogP contribution in [0, 0.1) is 0 Å². The van der Waals surface area contributed by atoms with Gasteiger partial charge in [-0.05, 0) is 18.9 Å². The number of rotatable bonds is 3. The molecule has 0 radical (unpaired) electrons.